The maximum Gasteiger partial charge on any atom is 0.223 e. The van der Waals surface area contributed by atoms with Crippen molar-refractivity contribution in [1.82, 2.24) is 20.0 Å². The van der Waals surface area contributed by atoms with Crippen LogP contribution in [0.2, 0.25) is 0 Å². The normalized spacial score (nSPS) is 14.9. The maximum absolute atomic E-state index is 12.5. The molecule has 2 aromatic rings. The monoisotopic (exact) mass is 368 g/mol. The highest BCUT2D eigenvalue weighted by atomic mass is 16.2. The maximum atomic E-state index is 12.5. The van der Waals surface area contributed by atoms with Gasteiger partial charge in [0.15, 0.2) is 0 Å². The average molecular weight is 368 g/mol. The van der Waals surface area contributed by atoms with E-state index in [4.69, 9.17) is 0 Å². The molecule has 3 rings (SSSR count). The van der Waals surface area contributed by atoms with E-state index in [0.717, 1.165) is 37.1 Å². The predicted octanol–water partition coefficient (Wildman–Crippen LogP) is 2.57. The quantitative estimate of drug-likeness (QED) is 0.817. The summed E-state index contributed by atoms with van der Waals surface area (Å²) < 4.78 is 1.83. The SMILES string of the molecule is CCCNC(=O)C1CCN(C(=O)CCc2cnn(-c3ccccc3)c2)CC1. The second-order valence-corrected chi connectivity index (χ2v) is 7.07. The molecule has 27 heavy (non-hydrogen) atoms. The minimum Gasteiger partial charge on any atom is -0.356 e. The van der Waals surface area contributed by atoms with Gasteiger partial charge in [-0.05, 0) is 43.4 Å². The number of hydrogen-bond acceptors (Lipinski definition) is 3. The first-order valence-corrected chi connectivity index (χ1v) is 9.82. The van der Waals surface area contributed by atoms with E-state index in [0.29, 0.717) is 25.9 Å². The van der Waals surface area contributed by atoms with Crippen molar-refractivity contribution < 1.29 is 9.59 Å². The van der Waals surface area contributed by atoms with Crippen molar-refractivity contribution in [1.29, 1.82) is 0 Å². The van der Waals surface area contributed by atoms with Gasteiger partial charge in [0.05, 0.1) is 11.9 Å². The molecule has 0 aliphatic carbocycles. The van der Waals surface area contributed by atoms with Crippen LogP contribution in [0.25, 0.3) is 5.69 Å². The average Bonchev–Trinajstić information content (AvgIpc) is 3.20. The molecule has 1 fully saturated rings. The molecule has 144 valence electrons. The second-order valence-electron chi connectivity index (χ2n) is 7.07. The van der Waals surface area contributed by atoms with E-state index in [2.05, 4.69) is 10.4 Å². The van der Waals surface area contributed by atoms with Crippen molar-refractivity contribution >= 4 is 11.8 Å². The summed E-state index contributed by atoms with van der Waals surface area (Å²) in [5.74, 6) is 0.344. The number of hydrogen-bond donors (Lipinski definition) is 1. The lowest BCUT2D eigenvalue weighted by Gasteiger charge is -2.31. The number of aryl methyl sites for hydroxylation is 1. The van der Waals surface area contributed by atoms with Gasteiger partial charge < -0.3 is 10.2 Å². The first-order valence-electron chi connectivity index (χ1n) is 9.82. The summed E-state index contributed by atoms with van der Waals surface area (Å²) in [4.78, 5) is 26.4. The number of amides is 2. The predicted molar refractivity (Wildman–Crippen MR) is 104 cm³/mol. The third kappa shape index (κ3) is 5.18. The molecule has 0 unspecified atom stereocenters. The molecule has 0 spiro atoms. The van der Waals surface area contributed by atoms with Crippen LogP contribution < -0.4 is 5.32 Å². The van der Waals surface area contributed by atoms with E-state index in [9.17, 15) is 9.59 Å². The minimum atomic E-state index is 0.0460. The molecule has 6 nitrogen and oxygen atoms in total. The topological polar surface area (TPSA) is 67.2 Å². The number of carbonyl (C=O) groups is 2. The molecule has 1 aliphatic heterocycles. The molecule has 1 saturated heterocycles. The Morgan fingerprint density at radius 2 is 1.93 bits per heavy atom. The number of nitrogens with one attached hydrogen (secondary N) is 1. The number of nitrogens with zero attached hydrogens (tertiary/aromatic N) is 3. The molecule has 0 atom stereocenters. The van der Waals surface area contributed by atoms with Gasteiger partial charge in [-0.2, -0.15) is 5.10 Å². The molecule has 1 N–H and O–H groups in total. The first kappa shape index (κ1) is 19.1. The zero-order valence-corrected chi connectivity index (χ0v) is 15.9. The third-order valence-corrected chi connectivity index (χ3v) is 5.05. The fraction of sp³-hybridized carbons (Fsp3) is 0.476. The summed E-state index contributed by atoms with van der Waals surface area (Å²) in [6.45, 7) is 4.12. The highest BCUT2D eigenvalue weighted by molar-refractivity contribution is 5.80. The van der Waals surface area contributed by atoms with Crippen molar-refractivity contribution in [2.45, 2.75) is 39.0 Å². The summed E-state index contributed by atoms with van der Waals surface area (Å²) in [6, 6.07) is 9.94. The molecule has 1 aliphatic rings. The number of likely N-dealkylation sites (tertiary alicyclic amines) is 1. The van der Waals surface area contributed by atoms with E-state index in [1.54, 1.807) is 0 Å². The van der Waals surface area contributed by atoms with Crippen LogP contribution in [0, 0.1) is 5.92 Å². The van der Waals surface area contributed by atoms with Gasteiger partial charge in [0.1, 0.15) is 0 Å². The van der Waals surface area contributed by atoms with Gasteiger partial charge in [0.25, 0.3) is 0 Å². The molecule has 0 saturated carbocycles. The molecule has 1 aromatic heterocycles. The molecular weight excluding hydrogens is 340 g/mol. The van der Waals surface area contributed by atoms with Crippen LogP contribution in [0.1, 0.15) is 38.2 Å². The van der Waals surface area contributed by atoms with Crippen molar-refractivity contribution in [2.24, 2.45) is 5.92 Å². The van der Waals surface area contributed by atoms with Gasteiger partial charge in [-0.3, -0.25) is 9.59 Å². The molecule has 0 bridgehead atoms. The van der Waals surface area contributed by atoms with E-state index < -0.39 is 0 Å². The zero-order chi connectivity index (χ0) is 19.1. The van der Waals surface area contributed by atoms with Crippen LogP contribution in [0.3, 0.4) is 0 Å². The number of carbonyl (C=O) groups excluding carboxylic acids is 2. The van der Waals surface area contributed by atoms with Crippen molar-refractivity contribution in [3.63, 3.8) is 0 Å². The summed E-state index contributed by atoms with van der Waals surface area (Å²) in [6.07, 6.45) is 7.43. The molecule has 2 amide bonds. The number of aromatic nitrogens is 2. The highest BCUT2D eigenvalue weighted by Crippen LogP contribution is 2.18. The van der Waals surface area contributed by atoms with Gasteiger partial charge in [0, 0.05) is 38.2 Å². The smallest absolute Gasteiger partial charge is 0.223 e. The summed E-state index contributed by atoms with van der Waals surface area (Å²) in [5.41, 5.74) is 2.07. The number of benzene rings is 1. The van der Waals surface area contributed by atoms with Crippen LogP contribution in [0.4, 0.5) is 0 Å². The van der Waals surface area contributed by atoms with Gasteiger partial charge in [-0.15, -0.1) is 0 Å². The van der Waals surface area contributed by atoms with Crippen LogP contribution >= 0.6 is 0 Å². The van der Waals surface area contributed by atoms with E-state index >= 15 is 0 Å². The van der Waals surface area contributed by atoms with E-state index in [-0.39, 0.29) is 17.7 Å². The Balaban J connectivity index is 1.44. The van der Waals surface area contributed by atoms with Gasteiger partial charge in [-0.1, -0.05) is 25.1 Å². The van der Waals surface area contributed by atoms with Crippen molar-refractivity contribution in [3.05, 3.63) is 48.3 Å². The van der Waals surface area contributed by atoms with E-state index in [1.165, 1.54) is 0 Å². The molecule has 1 aromatic carbocycles. The van der Waals surface area contributed by atoms with Crippen LogP contribution in [0.15, 0.2) is 42.7 Å². The first-order chi connectivity index (χ1) is 13.2. The van der Waals surface area contributed by atoms with Gasteiger partial charge in [0.2, 0.25) is 11.8 Å². The number of piperidine rings is 1. The standard InChI is InChI=1S/C21H28N4O2/c1-2-12-22-21(27)18-10-13-24(14-11-18)20(26)9-8-17-15-23-25(16-17)19-6-4-3-5-7-19/h3-7,15-16,18H,2,8-14H2,1H3,(H,22,27). The van der Waals surface area contributed by atoms with Gasteiger partial charge >= 0.3 is 0 Å². The molecule has 2 heterocycles. The van der Waals surface area contributed by atoms with Crippen molar-refractivity contribution in [2.75, 3.05) is 19.6 Å². The van der Waals surface area contributed by atoms with Crippen molar-refractivity contribution in [3.8, 4) is 5.69 Å². The third-order valence-electron chi connectivity index (χ3n) is 5.05. The Hall–Kier alpha value is -2.63. The van der Waals surface area contributed by atoms with Crippen LogP contribution in [-0.2, 0) is 16.0 Å². The number of para-hydroxylation sites is 1. The lowest BCUT2D eigenvalue weighted by molar-refractivity contribution is -0.135. The largest absolute Gasteiger partial charge is 0.356 e. The lowest BCUT2D eigenvalue weighted by atomic mass is 9.95. The van der Waals surface area contributed by atoms with Crippen LogP contribution in [-0.4, -0.2) is 46.1 Å². The molecule has 0 radical (unpaired) electrons. The summed E-state index contributed by atoms with van der Waals surface area (Å²) in [5, 5.41) is 7.33. The second kappa shape index (κ2) is 9.35. The summed E-state index contributed by atoms with van der Waals surface area (Å²) in [7, 11) is 0. The molecular formula is C21H28N4O2. The highest BCUT2D eigenvalue weighted by Gasteiger charge is 2.26. The summed E-state index contributed by atoms with van der Waals surface area (Å²) >= 11 is 0. The van der Waals surface area contributed by atoms with E-state index in [1.807, 2.05) is 59.2 Å². The number of rotatable bonds is 7. The van der Waals surface area contributed by atoms with Crippen LogP contribution in [0.5, 0.6) is 0 Å². The Morgan fingerprint density at radius 3 is 2.63 bits per heavy atom. The Kier molecular flexibility index (Phi) is 6.63. The Labute approximate surface area is 160 Å². The van der Waals surface area contributed by atoms with Gasteiger partial charge in [-0.25, -0.2) is 4.68 Å². The minimum absolute atomic E-state index is 0.0460. The zero-order valence-electron chi connectivity index (χ0n) is 15.9. The fourth-order valence-corrected chi connectivity index (χ4v) is 3.40. The Morgan fingerprint density at radius 1 is 1.19 bits per heavy atom. The lowest BCUT2D eigenvalue weighted by Crippen LogP contribution is -2.43. The molecule has 6 heteroatoms. The fourth-order valence-electron chi connectivity index (χ4n) is 3.40. The Bertz CT molecular complexity index is 749.